The number of phenols is 1. The second-order valence-electron chi connectivity index (χ2n) is 3.61. The van der Waals surface area contributed by atoms with E-state index in [0.29, 0.717) is 5.75 Å². The molecule has 1 saturated carbocycles. The van der Waals surface area contributed by atoms with Gasteiger partial charge in [0.15, 0.2) is 0 Å². The predicted octanol–water partition coefficient (Wildman–Crippen LogP) is 2.35. The normalized spacial score (nSPS) is 15.8. The molecule has 1 aromatic carbocycles. The van der Waals surface area contributed by atoms with E-state index in [4.69, 9.17) is 4.74 Å². The van der Waals surface area contributed by atoms with Crippen LogP contribution in [0.5, 0.6) is 11.5 Å². The van der Waals surface area contributed by atoms with E-state index in [9.17, 15) is 5.11 Å². The molecule has 2 rings (SSSR count). The van der Waals surface area contributed by atoms with Gasteiger partial charge in [-0.05, 0) is 37.3 Å². The Kier molecular flexibility index (Phi) is 2.13. The van der Waals surface area contributed by atoms with Crippen LogP contribution in [0.2, 0.25) is 0 Å². The van der Waals surface area contributed by atoms with Crippen molar-refractivity contribution in [3.63, 3.8) is 0 Å². The second-order valence-corrected chi connectivity index (χ2v) is 3.61. The smallest absolute Gasteiger partial charge is 0.125 e. The molecule has 0 aromatic heterocycles. The third-order valence-electron chi connectivity index (χ3n) is 2.52. The van der Waals surface area contributed by atoms with Gasteiger partial charge in [-0.1, -0.05) is 6.07 Å². The molecule has 0 aliphatic heterocycles. The van der Waals surface area contributed by atoms with Gasteiger partial charge in [-0.15, -0.1) is 0 Å². The number of hydrogen-bond acceptors (Lipinski definition) is 2. The highest BCUT2D eigenvalue weighted by molar-refractivity contribution is 5.44. The Bertz CT molecular complexity index is 303. The molecule has 0 bridgehead atoms. The summed E-state index contributed by atoms with van der Waals surface area (Å²) in [6.45, 7) is 0. The molecule has 0 saturated heterocycles. The van der Waals surface area contributed by atoms with Crippen molar-refractivity contribution in [2.24, 2.45) is 5.92 Å². The van der Waals surface area contributed by atoms with Crippen LogP contribution in [-0.2, 0) is 6.42 Å². The molecule has 2 heteroatoms. The van der Waals surface area contributed by atoms with Gasteiger partial charge in [-0.25, -0.2) is 0 Å². The van der Waals surface area contributed by atoms with E-state index >= 15 is 0 Å². The zero-order valence-corrected chi connectivity index (χ0v) is 7.79. The maximum absolute atomic E-state index is 9.62. The summed E-state index contributed by atoms with van der Waals surface area (Å²) in [4.78, 5) is 0. The monoisotopic (exact) mass is 178 g/mol. The molecule has 13 heavy (non-hydrogen) atoms. The van der Waals surface area contributed by atoms with Crippen molar-refractivity contribution in [2.45, 2.75) is 19.3 Å². The summed E-state index contributed by atoms with van der Waals surface area (Å²) in [6.07, 6.45) is 3.53. The molecule has 1 aliphatic carbocycles. The Morgan fingerprint density at radius 2 is 2.23 bits per heavy atom. The molecule has 0 unspecified atom stereocenters. The highest BCUT2D eigenvalue weighted by Crippen LogP contribution is 2.38. The van der Waals surface area contributed by atoms with Crippen LogP contribution < -0.4 is 4.74 Å². The molecule has 0 heterocycles. The third kappa shape index (κ3) is 1.77. The van der Waals surface area contributed by atoms with E-state index in [0.717, 1.165) is 23.7 Å². The minimum Gasteiger partial charge on any atom is -0.508 e. The van der Waals surface area contributed by atoms with E-state index in [1.807, 2.05) is 12.1 Å². The fraction of sp³-hybridized carbons (Fsp3) is 0.455. The first-order chi connectivity index (χ1) is 6.31. The summed E-state index contributed by atoms with van der Waals surface area (Å²) in [7, 11) is 1.64. The van der Waals surface area contributed by atoms with Crippen LogP contribution in [0.25, 0.3) is 0 Å². The van der Waals surface area contributed by atoms with Gasteiger partial charge in [0.1, 0.15) is 11.5 Å². The van der Waals surface area contributed by atoms with Crippen LogP contribution in [-0.4, -0.2) is 12.2 Å². The van der Waals surface area contributed by atoms with Crippen LogP contribution >= 0.6 is 0 Å². The predicted molar refractivity (Wildman–Crippen MR) is 51.1 cm³/mol. The van der Waals surface area contributed by atoms with Crippen LogP contribution in [0.1, 0.15) is 18.4 Å². The standard InChI is InChI=1S/C11H14O2/c1-13-11-4-2-3-10(12)9(11)7-8-5-6-8/h2-4,8,12H,5-7H2,1H3. The molecule has 1 fully saturated rings. The first kappa shape index (κ1) is 8.42. The minimum absolute atomic E-state index is 0.367. The number of aromatic hydroxyl groups is 1. The first-order valence-corrected chi connectivity index (χ1v) is 4.66. The number of benzene rings is 1. The highest BCUT2D eigenvalue weighted by Gasteiger charge is 2.24. The van der Waals surface area contributed by atoms with Crippen molar-refractivity contribution in [3.05, 3.63) is 23.8 Å². The maximum Gasteiger partial charge on any atom is 0.125 e. The lowest BCUT2D eigenvalue weighted by Crippen LogP contribution is -1.93. The first-order valence-electron chi connectivity index (χ1n) is 4.66. The molecule has 2 nitrogen and oxygen atoms in total. The zero-order valence-electron chi connectivity index (χ0n) is 7.79. The van der Waals surface area contributed by atoms with Gasteiger partial charge >= 0.3 is 0 Å². The average molecular weight is 178 g/mol. The molecule has 0 amide bonds. The summed E-state index contributed by atoms with van der Waals surface area (Å²) in [5.41, 5.74) is 0.965. The molecule has 1 aliphatic rings. The van der Waals surface area contributed by atoms with Crippen molar-refractivity contribution < 1.29 is 9.84 Å². The SMILES string of the molecule is COc1cccc(O)c1CC1CC1. The Balaban J connectivity index is 2.27. The Hall–Kier alpha value is -1.18. The van der Waals surface area contributed by atoms with Crippen LogP contribution in [0.4, 0.5) is 0 Å². The Morgan fingerprint density at radius 1 is 1.46 bits per heavy atom. The Labute approximate surface area is 78.2 Å². The van der Waals surface area contributed by atoms with Gasteiger partial charge in [-0.2, -0.15) is 0 Å². The van der Waals surface area contributed by atoms with E-state index in [-0.39, 0.29) is 0 Å². The summed E-state index contributed by atoms with van der Waals surface area (Å²) in [6, 6.07) is 5.43. The fourth-order valence-corrected chi connectivity index (χ4v) is 1.56. The van der Waals surface area contributed by atoms with Gasteiger partial charge in [0.05, 0.1) is 7.11 Å². The number of ether oxygens (including phenoxy) is 1. The van der Waals surface area contributed by atoms with Crippen LogP contribution in [0.3, 0.4) is 0 Å². The van der Waals surface area contributed by atoms with Crippen molar-refractivity contribution in [3.8, 4) is 11.5 Å². The van der Waals surface area contributed by atoms with Gasteiger partial charge in [0.25, 0.3) is 0 Å². The number of methoxy groups -OCH3 is 1. The molecular weight excluding hydrogens is 164 g/mol. The van der Waals surface area contributed by atoms with Crippen molar-refractivity contribution in [1.29, 1.82) is 0 Å². The van der Waals surface area contributed by atoms with E-state index in [1.165, 1.54) is 12.8 Å². The number of rotatable bonds is 3. The molecule has 0 radical (unpaired) electrons. The molecule has 1 aromatic rings. The quantitative estimate of drug-likeness (QED) is 0.769. The Morgan fingerprint density at radius 3 is 2.85 bits per heavy atom. The average Bonchev–Trinajstić information content (AvgIpc) is 2.92. The molecule has 0 atom stereocenters. The summed E-state index contributed by atoms with van der Waals surface area (Å²) >= 11 is 0. The van der Waals surface area contributed by atoms with Gasteiger partial charge in [0.2, 0.25) is 0 Å². The lowest BCUT2D eigenvalue weighted by molar-refractivity contribution is 0.398. The zero-order chi connectivity index (χ0) is 9.26. The molecular formula is C11H14O2. The molecule has 1 N–H and O–H groups in total. The van der Waals surface area contributed by atoms with Crippen molar-refractivity contribution >= 4 is 0 Å². The van der Waals surface area contributed by atoms with E-state index in [1.54, 1.807) is 13.2 Å². The minimum atomic E-state index is 0.367. The van der Waals surface area contributed by atoms with Crippen LogP contribution in [0.15, 0.2) is 18.2 Å². The number of hydrogen-bond donors (Lipinski definition) is 1. The lowest BCUT2D eigenvalue weighted by atomic mass is 10.1. The lowest BCUT2D eigenvalue weighted by Gasteiger charge is -2.09. The molecule has 70 valence electrons. The highest BCUT2D eigenvalue weighted by atomic mass is 16.5. The van der Waals surface area contributed by atoms with Crippen LogP contribution in [0, 0.1) is 5.92 Å². The number of phenolic OH excluding ortho intramolecular Hbond substituents is 1. The van der Waals surface area contributed by atoms with Gasteiger partial charge in [0, 0.05) is 5.56 Å². The summed E-state index contributed by atoms with van der Waals surface area (Å²) in [5.74, 6) is 1.94. The third-order valence-corrected chi connectivity index (χ3v) is 2.52. The second kappa shape index (κ2) is 3.29. The fourth-order valence-electron chi connectivity index (χ4n) is 1.56. The molecule has 0 spiro atoms. The summed E-state index contributed by atoms with van der Waals surface area (Å²) < 4.78 is 5.19. The van der Waals surface area contributed by atoms with Crippen molar-refractivity contribution in [1.82, 2.24) is 0 Å². The van der Waals surface area contributed by atoms with Gasteiger partial charge < -0.3 is 9.84 Å². The topological polar surface area (TPSA) is 29.5 Å². The van der Waals surface area contributed by atoms with Crippen molar-refractivity contribution in [2.75, 3.05) is 7.11 Å². The van der Waals surface area contributed by atoms with Gasteiger partial charge in [-0.3, -0.25) is 0 Å². The van der Waals surface area contributed by atoms with E-state index in [2.05, 4.69) is 0 Å². The summed E-state index contributed by atoms with van der Waals surface area (Å²) in [5, 5.41) is 9.62. The maximum atomic E-state index is 9.62. The van der Waals surface area contributed by atoms with E-state index < -0.39 is 0 Å². The largest absolute Gasteiger partial charge is 0.508 e.